The Morgan fingerprint density at radius 2 is 1.11 bits per heavy atom. The summed E-state index contributed by atoms with van der Waals surface area (Å²) in [5.74, 6) is -1.73. The van der Waals surface area contributed by atoms with Gasteiger partial charge in [-0.15, -0.1) is 0 Å². The lowest BCUT2D eigenvalue weighted by Gasteiger charge is -2.30. The highest BCUT2D eigenvalue weighted by molar-refractivity contribution is 5.90. The molecule has 0 amide bonds. The SMILES string of the molecule is CCCCCCCCCCCCC(C)(CCCCC)OC(=O)CC(=O)O.[MgH2]. The molecule has 0 aliphatic rings. The topological polar surface area (TPSA) is 63.6 Å². The van der Waals surface area contributed by atoms with Gasteiger partial charge in [0.2, 0.25) is 0 Å². The Hall–Kier alpha value is -0.294. The summed E-state index contributed by atoms with van der Waals surface area (Å²) >= 11 is 0. The average Bonchev–Trinajstić information content (AvgIpc) is 2.56. The minimum absolute atomic E-state index is 0. The highest BCUT2D eigenvalue weighted by Crippen LogP contribution is 2.27. The Balaban J connectivity index is 0. The molecule has 0 heterocycles. The molecule has 0 rings (SSSR count). The smallest absolute Gasteiger partial charge is 0.317 e. The van der Waals surface area contributed by atoms with Gasteiger partial charge in [0.1, 0.15) is 12.0 Å². The van der Waals surface area contributed by atoms with Crippen LogP contribution in [0.1, 0.15) is 124 Å². The summed E-state index contributed by atoms with van der Waals surface area (Å²) in [6, 6.07) is 0. The molecule has 27 heavy (non-hydrogen) atoms. The molecule has 0 aliphatic heterocycles. The van der Waals surface area contributed by atoms with Gasteiger partial charge < -0.3 is 9.84 Å². The Morgan fingerprint density at radius 1 is 0.741 bits per heavy atom. The van der Waals surface area contributed by atoms with Gasteiger partial charge in [0.05, 0.1) is 0 Å². The zero-order valence-electron chi connectivity index (χ0n) is 17.5. The Kier molecular flexibility index (Phi) is 20.4. The second-order valence-corrected chi connectivity index (χ2v) is 7.88. The zero-order chi connectivity index (χ0) is 19.7. The van der Waals surface area contributed by atoms with E-state index in [1.807, 2.05) is 6.92 Å². The van der Waals surface area contributed by atoms with Crippen molar-refractivity contribution in [3.8, 4) is 0 Å². The van der Waals surface area contributed by atoms with Crippen LogP contribution in [0.2, 0.25) is 0 Å². The third-order valence-corrected chi connectivity index (χ3v) is 5.02. The highest BCUT2D eigenvalue weighted by atomic mass is 24.3. The van der Waals surface area contributed by atoms with Crippen LogP contribution in [0, 0.1) is 0 Å². The van der Waals surface area contributed by atoms with Crippen LogP contribution < -0.4 is 0 Å². The Morgan fingerprint density at radius 3 is 1.56 bits per heavy atom. The number of carbonyl (C=O) groups excluding carboxylic acids is 1. The van der Waals surface area contributed by atoms with Gasteiger partial charge in [0.15, 0.2) is 0 Å². The molecule has 0 bridgehead atoms. The maximum Gasteiger partial charge on any atom is 0.317 e. The second-order valence-electron chi connectivity index (χ2n) is 7.88. The average molecular weight is 397 g/mol. The number of carboxylic acid groups (broad SMARTS) is 1. The van der Waals surface area contributed by atoms with Gasteiger partial charge in [-0.3, -0.25) is 9.59 Å². The molecule has 4 nitrogen and oxygen atoms in total. The van der Waals surface area contributed by atoms with E-state index in [4.69, 9.17) is 9.84 Å². The van der Waals surface area contributed by atoms with Gasteiger partial charge in [-0.25, -0.2) is 0 Å². The fourth-order valence-electron chi connectivity index (χ4n) is 3.40. The first-order valence-corrected chi connectivity index (χ1v) is 10.9. The van der Waals surface area contributed by atoms with Crippen LogP contribution in [-0.4, -0.2) is 45.7 Å². The fourth-order valence-corrected chi connectivity index (χ4v) is 3.40. The number of carbonyl (C=O) groups is 2. The lowest BCUT2D eigenvalue weighted by atomic mass is 9.91. The van der Waals surface area contributed by atoms with Gasteiger partial charge in [-0.1, -0.05) is 84.5 Å². The van der Waals surface area contributed by atoms with Gasteiger partial charge in [0, 0.05) is 0 Å². The molecule has 5 heteroatoms. The molecule has 0 aromatic carbocycles. The van der Waals surface area contributed by atoms with Crippen molar-refractivity contribution in [1.82, 2.24) is 0 Å². The standard InChI is InChI=1S/C22H42O4.Mg.2H/c1-4-6-8-9-10-11-12-13-14-16-18-22(3,17-15-7-5-2)26-21(25)19-20(23)24;;;/h4-19H2,1-3H3,(H,23,24);;;. The van der Waals surface area contributed by atoms with E-state index in [0.29, 0.717) is 0 Å². The maximum absolute atomic E-state index is 11.8. The first-order chi connectivity index (χ1) is 12.4. The number of aliphatic carboxylic acids is 1. The number of esters is 1. The van der Waals surface area contributed by atoms with E-state index < -0.39 is 24.0 Å². The van der Waals surface area contributed by atoms with Crippen LogP contribution in [-0.2, 0) is 14.3 Å². The molecular weight excluding hydrogens is 353 g/mol. The largest absolute Gasteiger partial charge is 0.481 e. The van der Waals surface area contributed by atoms with E-state index in [2.05, 4.69) is 13.8 Å². The van der Waals surface area contributed by atoms with E-state index >= 15 is 0 Å². The van der Waals surface area contributed by atoms with Gasteiger partial charge in [-0.05, 0) is 32.6 Å². The molecule has 0 spiro atoms. The third-order valence-electron chi connectivity index (χ3n) is 5.02. The first-order valence-electron chi connectivity index (χ1n) is 10.9. The lowest BCUT2D eigenvalue weighted by molar-refractivity contribution is -0.163. The number of unbranched alkanes of at least 4 members (excludes halogenated alkanes) is 11. The minimum Gasteiger partial charge on any atom is -0.481 e. The summed E-state index contributed by atoms with van der Waals surface area (Å²) < 4.78 is 5.56. The summed E-state index contributed by atoms with van der Waals surface area (Å²) in [6.45, 7) is 6.36. The molecule has 0 aromatic heterocycles. The number of hydrogen-bond acceptors (Lipinski definition) is 3. The van der Waals surface area contributed by atoms with Crippen molar-refractivity contribution in [1.29, 1.82) is 0 Å². The minimum atomic E-state index is -1.12. The summed E-state index contributed by atoms with van der Waals surface area (Å²) in [6.07, 6.45) is 17.2. The molecule has 1 N–H and O–H groups in total. The molecule has 0 saturated heterocycles. The molecule has 1 unspecified atom stereocenters. The van der Waals surface area contributed by atoms with Crippen LogP contribution in [0.15, 0.2) is 0 Å². The number of rotatable bonds is 18. The van der Waals surface area contributed by atoms with Crippen LogP contribution >= 0.6 is 0 Å². The van der Waals surface area contributed by atoms with Gasteiger partial charge >= 0.3 is 35.0 Å². The van der Waals surface area contributed by atoms with Crippen molar-refractivity contribution in [3.05, 3.63) is 0 Å². The van der Waals surface area contributed by atoms with Gasteiger partial charge in [-0.2, -0.15) is 0 Å². The Bertz CT molecular complexity index is 373. The van der Waals surface area contributed by atoms with Crippen molar-refractivity contribution in [2.75, 3.05) is 0 Å². The predicted octanol–water partition coefficient (Wildman–Crippen LogP) is 5.74. The molecule has 0 aromatic rings. The van der Waals surface area contributed by atoms with E-state index in [0.717, 1.165) is 44.9 Å². The molecule has 0 saturated carbocycles. The summed E-state index contributed by atoms with van der Waals surface area (Å²) in [5, 5.41) is 8.76. The second kappa shape index (κ2) is 19.0. The van der Waals surface area contributed by atoms with Crippen LogP contribution in [0.5, 0.6) is 0 Å². The quantitative estimate of drug-likeness (QED) is 0.139. The van der Waals surface area contributed by atoms with E-state index in [1.165, 1.54) is 51.4 Å². The van der Waals surface area contributed by atoms with E-state index in [1.54, 1.807) is 0 Å². The Labute approximate surface area is 183 Å². The zero-order valence-corrected chi connectivity index (χ0v) is 17.5. The third kappa shape index (κ3) is 18.8. The molecule has 0 fully saturated rings. The van der Waals surface area contributed by atoms with E-state index in [-0.39, 0.29) is 23.1 Å². The van der Waals surface area contributed by atoms with Crippen molar-refractivity contribution >= 4 is 35.0 Å². The first kappa shape index (κ1) is 28.9. The predicted molar refractivity (Wildman–Crippen MR) is 116 cm³/mol. The molecule has 158 valence electrons. The summed E-state index contributed by atoms with van der Waals surface area (Å²) in [5.41, 5.74) is -0.512. The lowest BCUT2D eigenvalue weighted by Crippen LogP contribution is -2.32. The monoisotopic (exact) mass is 396 g/mol. The molecule has 0 radical (unpaired) electrons. The maximum atomic E-state index is 11.8. The normalized spacial score (nSPS) is 12.9. The number of hydrogen-bond donors (Lipinski definition) is 1. The fraction of sp³-hybridized carbons (Fsp3) is 0.909. The van der Waals surface area contributed by atoms with Gasteiger partial charge in [0.25, 0.3) is 0 Å². The summed E-state index contributed by atoms with van der Waals surface area (Å²) in [4.78, 5) is 22.5. The van der Waals surface area contributed by atoms with Crippen molar-refractivity contribution < 1.29 is 19.4 Å². The van der Waals surface area contributed by atoms with Crippen LogP contribution in [0.25, 0.3) is 0 Å². The highest BCUT2D eigenvalue weighted by Gasteiger charge is 2.28. The van der Waals surface area contributed by atoms with Crippen molar-refractivity contribution in [2.24, 2.45) is 0 Å². The van der Waals surface area contributed by atoms with Crippen molar-refractivity contribution in [3.63, 3.8) is 0 Å². The van der Waals surface area contributed by atoms with Crippen LogP contribution in [0.4, 0.5) is 0 Å². The molecule has 1 atom stereocenters. The molecule has 0 aliphatic carbocycles. The number of carboxylic acids is 1. The van der Waals surface area contributed by atoms with Crippen molar-refractivity contribution in [2.45, 2.75) is 129 Å². The number of ether oxygens (including phenoxy) is 1. The molecular formula is C22H44MgO4. The van der Waals surface area contributed by atoms with E-state index in [9.17, 15) is 9.59 Å². The summed E-state index contributed by atoms with van der Waals surface area (Å²) in [7, 11) is 0. The van der Waals surface area contributed by atoms with Crippen LogP contribution in [0.3, 0.4) is 0 Å².